The number of sulfonamides is 1. The van der Waals surface area contributed by atoms with Crippen LogP contribution < -0.4 is 5.32 Å². The van der Waals surface area contributed by atoms with E-state index in [2.05, 4.69) is 15.2 Å². The maximum Gasteiger partial charge on any atom is 0.253 e. The summed E-state index contributed by atoms with van der Waals surface area (Å²) < 4.78 is 29.1. The zero-order valence-corrected chi connectivity index (χ0v) is 17.8. The lowest BCUT2D eigenvalue weighted by molar-refractivity contribution is 0.0950. The number of imidazole rings is 1. The van der Waals surface area contributed by atoms with Crippen LogP contribution in [0, 0.1) is 0 Å². The molecule has 1 amide bonds. The van der Waals surface area contributed by atoms with Crippen molar-refractivity contribution >= 4 is 21.6 Å². The van der Waals surface area contributed by atoms with Gasteiger partial charge in [0.05, 0.1) is 10.5 Å². The normalized spacial score (nSPS) is 17.6. The minimum atomic E-state index is -3.54. The van der Waals surface area contributed by atoms with Crippen LogP contribution in [0.4, 0.5) is 0 Å². The molecule has 1 saturated heterocycles. The first-order valence-electron chi connectivity index (χ1n) is 9.81. The van der Waals surface area contributed by atoms with Crippen LogP contribution >= 0.6 is 0 Å². The van der Waals surface area contributed by atoms with E-state index in [0.29, 0.717) is 12.1 Å². The van der Waals surface area contributed by atoms with Crippen LogP contribution in [0.2, 0.25) is 0 Å². The van der Waals surface area contributed by atoms with Gasteiger partial charge in [0.1, 0.15) is 5.65 Å². The first-order valence-corrected chi connectivity index (χ1v) is 11.2. The van der Waals surface area contributed by atoms with E-state index in [-0.39, 0.29) is 16.8 Å². The number of nitrogens with one attached hydrogen (secondary N) is 1. The average Bonchev–Trinajstić information content (AvgIpc) is 3.39. The van der Waals surface area contributed by atoms with Gasteiger partial charge >= 0.3 is 0 Å². The summed E-state index contributed by atoms with van der Waals surface area (Å²) in [5.41, 5.74) is 2.13. The Morgan fingerprint density at radius 1 is 1.23 bits per heavy atom. The fraction of sp³-hybridized carbons (Fsp3) is 0.333. The van der Waals surface area contributed by atoms with Gasteiger partial charge in [-0.25, -0.2) is 13.4 Å². The van der Waals surface area contributed by atoms with Crippen LogP contribution in [0.15, 0.2) is 59.9 Å². The molecule has 1 aliphatic heterocycles. The van der Waals surface area contributed by atoms with Crippen LogP contribution in [0.25, 0.3) is 5.65 Å². The van der Waals surface area contributed by atoms with Gasteiger partial charge in [-0.1, -0.05) is 12.1 Å². The number of rotatable bonds is 6. The first-order chi connectivity index (χ1) is 14.3. The molecule has 4 rings (SSSR count). The molecule has 158 valence electrons. The summed E-state index contributed by atoms with van der Waals surface area (Å²) in [5, 5.41) is 2.86. The SMILES string of the molecule is CN1CCC(N(C)S(=O)(=O)c2ccc(CNC(=O)c3ccc4nccn4c3)cc2)C1. The second kappa shape index (κ2) is 8.17. The molecule has 0 aliphatic carbocycles. The van der Waals surface area contributed by atoms with Crippen LogP contribution in [0.3, 0.4) is 0 Å². The summed E-state index contributed by atoms with van der Waals surface area (Å²) in [6, 6.07) is 10.2. The van der Waals surface area contributed by atoms with Gasteiger partial charge < -0.3 is 14.6 Å². The smallest absolute Gasteiger partial charge is 0.253 e. The molecule has 0 radical (unpaired) electrons. The second-order valence-electron chi connectivity index (χ2n) is 7.66. The molecule has 1 unspecified atom stereocenters. The van der Waals surface area contributed by atoms with Gasteiger partial charge in [0, 0.05) is 44.8 Å². The van der Waals surface area contributed by atoms with Crippen LogP contribution in [-0.2, 0) is 16.6 Å². The number of likely N-dealkylation sites (N-methyl/N-ethyl adjacent to an activating group) is 2. The van der Waals surface area contributed by atoms with Crippen molar-refractivity contribution < 1.29 is 13.2 Å². The molecule has 0 saturated carbocycles. The molecular weight excluding hydrogens is 402 g/mol. The molecule has 1 N–H and O–H groups in total. The Morgan fingerprint density at radius 2 is 2.00 bits per heavy atom. The maximum absolute atomic E-state index is 12.9. The minimum absolute atomic E-state index is 0.00759. The number of hydrogen-bond acceptors (Lipinski definition) is 5. The molecule has 30 heavy (non-hydrogen) atoms. The summed E-state index contributed by atoms with van der Waals surface area (Å²) in [6.45, 7) is 1.95. The Balaban J connectivity index is 1.40. The summed E-state index contributed by atoms with van der Waals surface area (Å²) in [4.78, 5) is 19.0. The third-order valence-electron chi connectivity index (χ3n) is 5.59. The number of hydrogen-bond donors (Lipinski definition) is 1. The van der Waals surface area contributed by atoms with E-state index >= 15 is 0 Å². The highest BCUT2D eigenvalue weighted by Crippen LogP contribution is 2.22. The first kappa shape index (κ1) is 20.5. The number of carbonyl (C=O) groups excluding carboxylic acids is 1. The Kier molecular flexibility index (Phi) is 5.59. The van der Waals surface area contributed by atoms with E-state index in [4.69, 9.17) is 0 Å². The predicted molar refractivity (Wildman–Crippen MR) is 114 cm³/mol. The molecule has 0 bridgehead atoms. The number of benzene rings is 1. The van der Waals surface area contributed by atoms with Crippen LogP contribution in [0.5, 0.6) is 0 Å². The highest BCUT2D eigenvalue weighted by molar-refractivity contribution is 7.89. The highest BCUT2D eigenvalue weighted by Gasteiger charge is 2.31. The fourth-order valence-corrected chi connectivity index (χ4v) is 5.07. The van der Waals surface area contributed by atoms with Gasteiger partial charge in [0.2, 0.25) is 10.0 Å². The molecule has 1 atom stereocenters. The Morgan fingerprint density at radius 3 is 2.70 bits per heavy atom. The lowest BCUT2D eigenvalue weighted by Crippen LogP contribution is -2.38. The minimum Gasteiger partial charge on any atom is -0.348 e. The van der Waals surface area contributed by atoms with Crippen LogP contribution in [-0.4, -0.2) is 66.1 Å². The largest absolute Gasteiger partial charge is 0.348 e. The van der Waals surface area contributed by atoms with E-state index in [1.165, 1.54) is 4.31 Å². The zero-order valence-electron chi connectivity index (χ0n) is 17.0. The van der Waals surface area contributed by atoms with Gasteiger partial charge in [-0.15, -0.1) is 0 Å². The molecular formula is C21H25N5O3S. The van der Waals surface area contributed by atoms with Crippen molar-refractivity contribution in [1.29, 1.82) is 0 Å². The topological polar surface area (TPSA) is 87.0 Å². The number of pyridine rings is 1. The van der Waals surface area contributed by atoms with Crippen molar-refractivity contribution in [3.63, 3.8) is 0 Å². The van der Waals surface area contributed by atoms with Gasteiger partial charge in [0.15, 0.2) is 0 Å². The van der Waals surface area contributed by atoms with Crippen molar-refractivity contribution in [2.24, 2.45) is 0 Å². The molecule has 3 aromatic rings. The van der Waals surface area contributed by atoms with Crippen LogP contribution in [0.1, 0.15) is 22.3 Å². The van der Waals surface area contributed by atoms with Gasteiger partial charge in [-0.2, -0.15) is 4.31 Å². The quantitative estimate of drug-likeness (QED) is 0.646. The third-order valence-corrected chi connectivity index (χ3v) is 7.51. The number of nitrogens with zero attached hydrogens (tertiary/aromatic N) is 4. The Bertz CT molecular complexity index is 1160. The molecule has 9 heteroatoms. The number of fused-ring (bicyclic) bond motifs is 1. The average molecular weight is 428 g/mol. The molecule has 8 nitrogen and oxygen atoms in total. The maximum atomic E-state index is 12.9. The van der Waals surface area contributed by atoms with Crippen molar-refractivity contribution in [3.8, 4) is 0 Å². The highest BCUT2D eigenvalue weighted by atomic mass is 32.2. The van der Waals surface area contributed by atoms with E-state index in [1.807, 2.05) is 7.05 Å². The Hall–Kier alpha value is -2.75. The molecule has 0 spiro atoms. The van der Waals surface area contributed by atoms with Crippen molar-refractivity contribution in [2.45, 2.75) is 23.9 Å². The summed E-state index contributed by atoms with van der Waals surface area (Å²) in [5.74, 6) is -0.201. The molecule has 1 aromatic carbocycles. The molecule has 1 aliphatic rings. The summed E-state index contributed by atoms with van der Waals surface area (Å²) in [6.07, 6.45) is 6.02. The lowest BCUT2D eigenvalue weighted by atomic mass is 10.2. The van der Waals surface area contributed by atoms with Gasteiger partial charge in [0.25, 0.3) is 5.91 Å². The molecule has 2 aromatic heterocycles. The lowest BCUT2D eigenvalue weighted by Gasteiger charge is -2.23. The summed E-state index contributed by atoms with van der Waals surface area (Å²) >= 11 is 0. The third kappa shape index (κ3) is 4.09. The number of likely N-dealkylation sites (tertiary alicyclic amines) is 1. The number of amides is 1. The van der Waals surface area contributed by atoms with E-state index < -0.39 is 10.0 Å². The second-order valence-corrected chi connectivity index (χ2v) is 9.66. The standard InChI is InChI=1S/C21H25N5O3S/c1-24-11-9-18(15-24)25(2)30(28,29)19-6-3-16(4-7-19)13-23-21(27)17-5-8-20-22-10-12-26(20)14-17/h3-8,10,12,14,18H,9,11,13,15H2,1-2H3,(H,23,27). The Labute approximate surface area is 176 Å². The number of carbonyl (C=O) groups is 1. The monoisotopic (exact) mass is 427 g/mol. The number of aromatic nitrogens is 2. The van der Waals surface area contributed by atoms with E-state index in [0.717, 1.165) is 30.7 Å². The molecule has 1 fully saturated rings. The van der Waals surface area contributed by atoms with E-state index in [1.54, 1.807) is 66.4 Å². The molecule has 3 heterocycles. The van der Waals surface area contributed by atoms with Gasteiger partial charge in [-0.05, 0) is 49.8 Å². The fourth-order valence-electron chi connectivity index (χ4n) is 3.69. The van der Waals surface area contributed by atoms with Crippen molar-refractivity contribution in [1.82, 2.24) is 23.9 Å². The van der Waals surface area contributed by atoms with E-state index in [9.17, 15) is 13.2 Å². The zero-order chi connectivity index (χ0) is 21.3. The van der Waals surface area contributed by atoms with Gasteiger partial charge in [-0.3, -0.25) is 4.79 Å². The summed E-state index contributed by atoms with van der Waals surface area (Å²) in [7, 11) is 0.0988. The van der Waals surface area contributed by atoms with Crippen molar-refractivity contribution in [2.75, 3.05) is 27.2 Å². The predicted octanol–water partition coefficient (Wildman–Crippen LogP) is 1.59. The van der Waals surface area contributed by atoms with Crippen molar-refractivity contribution in [3.05, 3.63) is 66.1 Å².